The van der Waals surface area contributed by atoms with Gasteiger partial charge in [-0.1, -0.05) is 15.9 Å². The highest BCUT2D eigenvalue weighted by atomic mass is 79.9. The second kappa shape index (κ2) is 7.29. The molecule has 0 aromatic carbocycles. The van der Waals surface area contributed by atoms with Gasteiger partial charge in [-0.25, -0.2) is 0 Å². The molecule has 0 aliphatic carbocycles. The summed E-state index contributed by atoms with van der Waals surface area (Å²) in [7, 11) is 0. The van der Waals surface area contributed by atoms with Gasteiger partial charge in [0.2, 0.25) is 0 Å². The van der Waals surface area contributed by atoms with Gasteiger partial charge in [0, 0.05) is 25.0 Å². The molecule has 1 rings (SSSR count). The van der Waals surface area contributed by atoms with Gasteiger partial charge in [-0.15, -0.1) is 23.2 Å². The lowest BCUT2D eigenvalue weighted by molar-refractivity contribution is -0.0593. The van der Waals surface area contributed by atoms with Crippen LogP contribution < -0.4 is 0 Å². The Labute approximate surface area is 103 Å². The van der Waals surface area contributed by atoms with Gasteiger partial charge in [0.05, 0.1) is 17.0 Å². The van der Waals surface area contributed by atoms with Crippen LogP contribution in [0.15, 0.2) is 0 Å². The molecule has 0 amide bonds. The highest BCUT2D eigenvalue weighted by Crippen LogP contribution is 2.19. The Morgan fingerprint density at radius 2 is 1.93 bits per heavy atom. The maximum absolute atomic E-state index is 5.85. The van der Waals surface area contributed by atoms with Crippen molar-refractivity contribution < 1.29 is 9.47 Å². The average Bonchev–Trinajstić information content (AvgIpc) is 2.26. The van der Waals surface area contributed by atoms with Crippen LogP contribution in [0.4, 0.5) is 0 Å². The zero-order chi connectivity index (χ0) is 10.4. The van der Waals surface area contributed by atoms with E-state index in [1.165, 1.54) is 0 Å². The quantitative estimate of drug-likeness (QED) is 0.727. The molecule has 0 saturated carbocycles. The summed E-state index contributed by atoms with van der Waals surface area (Å²) >= 11 is 15.0. The van der Waals surface area contributed by atoms with Gasteiger partial charge >= 0.3 is 0 Å². The van der Waals surface area contributed by atoms with E-state index in [1.54, 1.807) is 0 Å². The topological polar surface area (TPSA) is 18.5 Å². The van der Waals surface area contributed by atoms with Crippen molar-refractivity contribution in [1.82, 2.24) is 0 Å². The number of hydrogen-bond acceptors (Lipinski definition) is 2. The summed E-state index contributed by atoms with van der Waals surface area (Å²) in [6.45, 7) is 1.57. The molecular formula is C9H15BrCl2O2. The Balaban J connectivity index is 2.30. The van der Waals surface area contributed by atoms with Crippen molar-refractivity contribution >= 4 is 39.1 Å². The summed E-state index contributed by atoms with van der Waals surface area (Å²) in [5, 5.41) is 0. The molecule has 1 aliphatic heterocycles. The average molecular weight is 306 g/mol. The highest BCUT2D eigenvalue weighted by Gasteiger charge is 2.23. The van der Waals surface area contributed by atoms with E-state index in [0.29, 0.717) is 11.8 Å². The van der Waals surface area contributed by atoms with E-state index >= 15 is 0 Å². The van der Waals surface area contributed by atoms with E-state index in [4.69, 9.17) is 32.7 Å². The summed E-state index contributed by atoms with van der Waals surface area (Å²) < 4.78 is 11.1. The highest BCUT2D eigenvalue weighted by molar-refractivity contribution is 9.09. The minimum Gasteiger partial charge on any atom is -0.381 e. The number of rotatable bonds is 5. The molecule has 5 heteroatoms. The zero-order valence-corrected chi connectivity index (χ0v) is 11.0. The van der Waals surface area contributed by atoms with Crippen molar-refractivity contribution in [3.63, 3.8) is 0 Å². The van der Waals surface area contributed by atoms with E-state index in [9.17, 15) is 0 Å². The first-order valence-corrected chi connectivity index (χ1v) is 6.75. The minimum atomic E-state index is -0.00253. The monoisotopic (exact) mass is 304 g/mol. The largest absolute Gasteiger partial charge is 0.381 e. The van der Waals surface area contributed by atoms with E-state index in [0.717, 1.165) is 26.1 Å². The van der Waals surface area contributed by atoms with Gasteiger partial charge in [0.1, 0.15) is 0 Å². The van der Waals surface area contributed by atoms with Crippen molar-refractivity contribution in [3.05, 3.63) is 0 Å². The molecule has 0 spiro atoms. The van der Waals surface area contributed by atoms with Crippen molar-refractivity contribution in [2.45, 2.75) is 29.9 Å². The standard InChI is InChI=1S/C9H15BrCl2O2/c10-8(5-11)9(6-12)14-7-1-3-13-4-2-7/h7-9H,1-6H2. The van der Waals surface area contributed by atoms with Gasteiger partial charge in [-0.3, -0.25) is 0 Å². The number of ether oxygens (including phenoxy) is 2. The summed E-state index contributed by atoms with van der Waals surface area (Å²) in [6.07, 6.45) is 2.18. The lowest BCUT2D eigenvalue weighted by Crippen LogP contribution is -2.34. The van der Waals surface area contributed by atoms with Crippen LogP contribution in [-0.2, 0) is 9.47 Å². The molecule has 84 valence electrons. The molecule has 0 radical (unpaired) electrons. The Bertz CT molecular complexity index is 154. The van der Waals surface area contributed by atoms with Crippen LogP contribution in [0, 0.1) is 0 Å². The molecule has 1 saturated heterocycles. The predicted octanol–water partition coefficient (Wildman–Crippen LogP) is 2.79. The third kappa shape index (κ3) is 4.23. The van der Waals surface area contributed by atoms with Crippen LogP contribution in [0.5, 0.6) is 0 Å². The molecule has 0 aromatic heterocycles. The Morgan fingerprint density at radius 3 is 2.43 bits per heavy atom. The zero-order valence-electron chi connectivity index (χ0n) is 7.93. The van der Waals surface area contributed by atoms with Crippen LogP contribution in [0.3, 0.4) is 0 Å². The molecule has 1 fully saturated rings. The van der Waals surface area contributed by atoms with Crippen molar-refractivity contribution in [2.24, 2.45) is 0 Å². The van der Waals surface area contributed by atoms with Gasteiger partial charge in [-0.05, 0) is 12.8 Å². The number of halogens is 3. The SMILES string of the molecule is ClCC(Br)C(CCl)OC1CCOCC1. The third-order valence-electron chi connectivity index (χ3n) is 2.24. The van der Waals surface area contributed by atoms with E-state index in [2.05, 4.69) is 15.9 Å². The van der Waals surface area contributed by atoms with Gasteiger partial charge < -0.3 is 9.47 Å². The minimum absolute atomic E-state index is 0.00253. The van der Waals surface area contributed by atoms with Crippen LogP contribution in [0.2, 0.25) is 0 Å². The first-order valence-electron chi connectivity index (χ1n) is 4.77. The smallest absolute Gasteiger partial charge is 0.0850 e. The maximum Gasteiger partial charge on any atom is 0.0850 e. The lowest BCUT2D eigenvalue weighted by atomic mass is 10.1. The van der Waals surface area contributed by atoms with E-state index in [-0.39, 0.29) is 17.0 Å². The van der Waals surface area contributed by atoms with Crippen LogP contribution in [0.25, 0.3) is 0 Å². The molecular weight excluding hydrogens is 291 g/mol. The van der Waals surface area contributed by atoms with Crippen molar-refractivity contribution in [2.75, 3.05) is 25.0 Å². The fourth-order valence-corrected chi connectivity index (χ4v) is 2.39. The molecule has 2 nitrogen and oxygen atoms in total. The van der Waals surface area contributed by atoms with Crippen LogP contribution >= 0.6 is 39.1 Å². The molecule has 2 unspecified atom stereocenters. The molecule has 14 heavy (non-hydrogen) atoms. The van der Waals surface area contributed by atoms with E-state index < -0.39 is 0 Å². The van der Waals surface area contributed by atoms with Gasteiger partial charge in [0.15, 0.2) is 0 Å². The fourth-order valence-electron chi connectivity index (χ4n) is 1.38. The van der Waals surface area contributed by atoms with Gasteiger partial charge in [0.25, 0.3) is 0 Å². The normalized spacial score (nSPS) is 23.4. The first kappa shape index (κ1) is 13.0. The van der Waals surface area contributed by atoms with Crippen LogP contribution in [0.1, 0.15) is 12.8 Å². The van der Waals surface area contributed by atoms with Crippen molar-refractivity contribution in [1.29, 1.82) is 0 Å². The third-order valence-corrected chi connectivity index (χ3v) is 4.16. The summed E-state index contributed by atoms with van der Waals surface area (Å²) in [5.41, 5.74) is 0. The second-order valence-electron chi connectivity index (χ2n) is 3.31. The maximum atomic E-state index is 5.85. The molecule has 0 bridgehead atoms. The predicted molar refractivity (Wildman–Crippen MR) is 62.9 cm³/mol. The van der Waals surface area contributed by atoms with Gasteiger partial charge in [-0.2, -0.15) is 0 Å². The molecule has 0 N–H and O–H groups in total. The fraction of sp³-hybridized carbons (Fsp3) is 1.00. The second-order valence-corrected chi connectivity index (χ2v) is 5.10. The van der Waals surface area contributed by atoms with Crippen LogP contribution in [-0.4, -0.2) is 42.0 Å². The number of alkyl halides is 3. The Kier molecular flexibility index (Phi) is 6.79. The first-order chi connectivity index (χ1) is 6.77. The molecule has 0 aromatic rings. The summed E-state index contributed by atoms with van der Waals surface area (Å²) in [5.74, 6) is 0.987. The lowest BCUT2D eigenvalue weighted by Gasteiger charge is -2.28. The Morgan fingerprint density at radius 1 is 1.29 bits per heavy atom. The molecule has 1 heterocycles. The van der Waals surface area contributed by atoms with E-state index in [1.807, 2.05) is 0 Å². The summed E-state index contributed by atoms with van der Waals surface area (Å²) in [6, 6.07) is 0. The Hall–Kier alpha value is 0.980. The van der Waals surface area contributed by atoms with Crippen molar-refractivity contribution in [3.8, 4) is 0 Å². The summed E-state index contributed by atoms with van der Waals surface area (Å²) in [4.78, 5) is 0.129. The number of hydrogen-bond donors (Lipinski definition) is 0. The molecule has 1 aliphatic rings. The molecule has 2 atom stereocenters.